The molecule has 2 aliphatic heterocycles. The van der Waals surface area contributed by atoms with Gasteiger partial charge in [0.25, 0.3) is 0 Å². The Morgan fingerprint density at radius 3 is 2.65 bits per heavy atom. The lowest BCUT2D eigenvalue weighted by Crippen LogP contribution is -2.45. The molecule has 2 aliphatic rings. The van der Waals surface area contributed by atoms with Crippen LogP contribution < -0.4 is 14.4 Å². The normalized spacial score (nSPS) is 19.7. The lowest BCUT2D eigenvalue weighted by molar-refractivity contribution is -0.389. The average molecular weight is 524 g/mol. The van der Waals surface area contributed by atoms with Crippen molar-refractivity contribution >= 4 is 34.1 Å². The van der Waals surface area contributed by atoms with Gasteiger partial charge in [0.2, 0.25) is 0 Å². The highest BCUT2D eigenvalue weighted by atomic mass is 35.5. The fourth-order valence-electron chi connectivity index (χ4n) is 4.88. The second-order valence-corrected chi connectivity index (χ2v) is 10.2. The van der Waals surface area contributed by atoms with Gasteiger partial charge in [0.15, 0.2) is 5.60 Å². The van der Waals surface area contributed by atoms with Gasteiger partial charge in [0, 0.05) is 47.3 Å². The molecule has 0 N–H and O–H groups in total. The first-order valence-electron chi connectivity index (χ1n) is 12.1. The van der Waals surface area contributed by atoms with Crippen LogP contribution in [0.1, 0.15) is 12.7 Å². The molecule has 1 atom stereocenters. The summed E-state index contributed by atoms with van der Waals surface area (Å²) in [4.78, 5) is 19.0. The van der Waals surface area contributed by atoms with Gasteiger partial charge >= 0.3 is 11.8 Å². The number of benzene rings is 2. The zero-order valence-corrected chi connectivity index (χ0v) is 21.1. The van der Waals surface area contributed by atoms with Gasteiger partial charge in [0.1, 0.15) is 29.9 Å². The molecule has 6 rings (SSSR count). The van der Waals surface area contributed by atoms with Gasteiger partial charge in [-0.15, -0.1) is 0 Å². The number of hydrogen-bond donors (Lipinski definition) is 0. The molecule has 0 aliphatic carbocycles. The molecule has 0 saturated carbocycles. The number of rotatable bonds is 7. The molecule has 11 heteroatoms. The molecule has 0 amide bonds. The van der Waals surface area contributed by atoms with Crippen LogP contribution in [0.5, 0.6) is 11.8 Å². The van der Waals surface area contributed by atoms with Crippen LogP contribution in [0, 0.1) is 10.1 Å². The minimum absolute atomic E-state index is 0.214. The maximum absolute atomic E-state index is 10.9. The predicted octanol–water partition coefficient (Wildman–Crippen LogP) is 4.74. The summed E-state index contributed by atoms with van der Waals surface area (Å²) in [6.45, 7) is 7.16. The zero-order chi connectivity index (χ0) is 25.6. The van der Waals surface area contributed by atoms with Crippen molar-refractivity contribution in [3.8, 4) is 11.8 Å². The van der Waals surface area contributed by atoms with Crippen LogP contribution in [0.3, 0.4) is 0 Å². The van der Waals surface area contributed by atoms with Gasteiger partial charge in [-0.2, -0.15) is 0 Å². The van der Waals surface area contributed by atoms with Crippen molar-refractivity contribution in [2.45, 2.75) is 25.6 Å². The smallest absolute Gasteiger partial charge is 0.415 e. The number of piperazine rings is 1. The topological polar surface area (TPSA) is 99.0 Å². The molecule has 0 radical (unpaired) electrons. The number of aromatic nitrogens is 2. The minimum atomic E-state index is -0.640. The Labute approximate surface area is 218 Å². The van der Waals surface area contributed by atoms with Gasteiger partial charge < -0.3 is 28.9 Å². The summed E-state index contributed by atoms with van der Waals surface area (Å²) in [6.07, 6.45) is 1.39. The maximum atomic E-state index is 10.9. The largest absolute Gasteiger partial charge is 0.489 e. The van der Waals surface area contributed by atoms with E-state index in [0.717, 1.165) is 60.9 Å². The monoisotopic (exact) mass is 523 g/mol. The number of halogens is 1. The summed E-state index contributed by atoms with van der Waals surface area (Å²) in [5.74, 6) is 1.48. The lowest BCUT2D eigenvalue weighted by atomic mass is 10.1. The van der Waals surface area contributed by atoms with E-state index in [1.165, 1.54) is 6.20 Å². The molecule has 37 heavy (non-hydrogen) atoms. The predicted molar refractivity (Wildman–Crippen MR) is 139 cm³/mol. The first-order valence-corrected chi connectivity index (χ1v) is 12.5. The van der Waals surface area contributed by atoms with Crippen molar-refractivity contribution in [2.24, 2.45) is 0 Å². The van der Waals surface area contributed by atoms with Crippen molar-refractivity contribution in [2.75, 3.05) is 37.7 Å². The first-order chi connectivity index (χ1) is 17.8. The molecular weight excluding hydrogens is 498 g/mol. The summed E-state index contributed by atoms with van der Waals surface area (Å²) in [5, 5.41) is 12.6. The Morgan fingerprint density at radius 1 is 1.14 bits per heavy atom. The molecule has 2 aromatic carbocycles. The average Bonchev–Trinajstić information content (AvgIpc) is 3.54. The van der Waals surface area contributed by atoms with Gasteiger partial charge in [-0.1, -0.05) is 11.6 Å². The van der Waals surface area contributed by atoms with E-state index in [4.69, 9.17) is 25.5 Å². The van der Waals surface area contributed by atoms with Crippen LogP contribution in [0.15, 0.2) is 59.1 Å². The van der Waals surface area contributed by atoms with Crippen LogP contribution in [0.4, 0.5) is 11.5 Å². The van der Waals surface area contributed by atoms with Crippen molar-refractivity contribution in [3.63, 3.8) is 0 Å². The van der Waals surface area contributed by atoms with E-state index < -0.39 is 10.5 Å². The number of nitro groups is 1. The summed E-state index contributed by atoms with van der Waals surface area (Å²) < 4.78 is 19.4. The summed E-state index contributed by atoms with van der Waals surface area (Å²) in [6, 6.07) is 16.1. The summed E-state index contributed by atoms with van der Waals surface area (Å²) in [5.41, 5.74) is 1.38. The Morgan fingerprint density at radius 2 is 1.92 bits per heavy atom. The third kappa shape index (κ3) is 4.94. The molecule has 10 nitrogen and oxygen atoms in total. The van der Waals surface area contributed by atoms with Crippen molar-refractivity contribution in [1.29, 1.82) is 0 Å². The van der Waals surface area contributed by atoms with Crippen molar-refractivity contribution in [3.05, 3.63) is 75.6 Å². The second kappa shape index (κ2) is 9.28. The third-order valence-corrected chi connectivity index (χ3v) is 7.02. The van der Waals surface area contributed by atoms with Gasteiger partial charge in [-0.3, -0.25) is 9.47 Å². The van der Waals surface area contributed by atoms with Crippen LogP contribution in [-0.4, -0.2) is 57.8 Å². The fourth-order valence-corrected chi connectivity index (χ4v) is 5.06. The number of fused-ring (bicyclic) bond motifs is 2. The number of ether oxygens (including phenoxy) is 2. The maximum Gasteiger partial charge on any atom is 0.415 e. The highest BCUT2D eigenvalue weighted by Crippen LogP contribution is 2.32. The van der Waals surface area contributed by atoms with E-state index in [0.29, 0.717) is 18.2 Å². The molecule has 1 saturated heterocycles. The highest BCUT2D eigenvalue weighted by Gasteiger charge is 2.41. The minimum Gasteiger partial charge on any atom is -0.489 e. The Hall–Kier alpha value is -3.76. The van der Waals surface area contributed by atoms with Crippen LogP contribution in [-0.2, 0) is 13.1 Å². The SMILES string of the molecule is C[C@]1(COc2ccc(N3CCN(Cc4cc5cc(Cl)ccc5o4)CC3)cc2)Cn2cc([N+](=O)[O-])nc2O1. The van der Waals surface area contributed by atoms with E-state index in [2.05, 4.69) is 33.0 Å². The van der Waals surface area contributed by atoms with Crippen molar-refractivity contribution in [1.82, 2.24) is 14.5 Å². The number of imidazole rings is 1. The second-order valence-electron chi connectivity index (χ2n) is 9.76. The molecule has 1 fully saturated rings. The molecule has 2 aromatic heterocycles. The third-order valence-electron chi connectivity index (χ3n) is 6.78. The van der Waals surface area contributed by atoms with Crippen LogP contribution in [0.2, 0.25) is 5.02 Å². The number of anilines is 1. The van der Waals surface area contributed by atoms with Crippen LogP contribution in [0.25, 0.3) is 11.0 Å². The summed E-state index contributed by atoms with van der Waals surface area (Å²) in [7, 11) is 0. The number of furan rings is 1. The lowest BCUT2D eigenvalue weighted by Gasteiger charge is -2.35. The standard InChI is InChI=1S/C26H26ClN5O5/c1-26(16-31-15-24(32(33)34)28-25(31)37-26)17-35-21-5-3-20(4-6-21)30-10-8-29(9-11-30)14-22-13-18-12-19(27)2-7-23(18)36-22/h2-7,12-13,15H,8-11,14,16-17H2,1H3/t26-/m1/s1. The van der Waals surface area contributed by atoms with E-state index in [9.17, 15) is 10.1 Å². The first kappa shape index (κ1) is 23.6. The molecule has 0 unspecified atom stereocenters. The van der Waals surface area contributed by atoms with E-state index in [-0.39, 0.29) is 11.8 Å². The van der Waals surface area contributed by atoms with Crippen molar-refractivity contribution < 1.29 is 18.8 Å². The Balaban J connectivity index is 0.993. The summed E-state index contributed by atoms with van der Waals surface area (Å²) >= 11 is 6.09. The Kier molecular flexibility index (Phi) is 5.92. The van der Waals surface area contributed by atoms with Crippen LogP contribution >= 0.6 is 11.6 Å². The molecule has 4 heterocycles. The fraction of sp³-hybridized carbons (Fsp3) is 0.346. The highest BCUT2D eigenvalue weighted by molar-refractivity contribution is 6.31. The molecule has 4 aromatic rings. The van der Waals surface area contributed by atoms with Gasteiger partial charge in [-0.05, 0) is 60.4 Å². The van der Waals surface area contributed by atoms with E-state index >= 15 is 0 Å². The quantitative estimate of drug-likeness (QED) is 0.253. The van der Waals surface area contributed by atoms with E-state index in [1.54, 1.807) is 4.57 Å². The Bertz CT molecular complexity index is 1420. The molecule has 0 bridgehead atoms. The molecular formula is C26H26ClN5O5. The molecule has 0 spiro atoms. The van der Waals surface area contributed by atoms with E-state index in [1.807, 2.05) is 37.3 Å². The van der Waals surface area contributed by atoms with Gasteiger partial charge in [-0.25, -0.2) is 0 Å². The van der Waals surface area contributed by atoms with Gasteiger partial charge in [0.05, 0.1) is 13.1 Å². The number of hydrogen-bond acceptors (Lipinski definition) is 8. The molecule has 192 valence electrons. The number of nitrogens with zero attached hydrogens (tertiary/aromatic N) is 5. The zero-order valence-electron chi connectivity index (χ0n) is 20.3.